The van der Waals surface area contributed by atoms with E-state index in [2.05, 4.69) is 0 Å². The highest BCUT2D eigenvalue weighted by Gasteiger charge is 2.49. The molecule has 1 spiro atoms. The van der Waals surface area contributed by atoms with Crippen molar-refractivity contribution in [3.8, 4) is 0 Å². The third-order valence-corrected chi connectivity index (χ3v) is 4.62. The molecule has 0 saturated heterocycles. The number of fused-ring (bicyclic) bond motifs is 3. The fourth-order valence-corrected chi connectivity index (χ4v) is 4.22. The van der Waals surface area contributed by atoms with Gasteiger partial charge in [0.1, 0.15) is 0 Å². The topological polar surface area (TPSA) is 0 Å². The predicted molar refractivity (Wildman–Crippen MR) is 46.3 cm³/mol. The summed E-state index contributed by atoms with van der Waals surface area (Å²) in [5.41, 5.74) is 0.895. The van der Waals surface area contributed by atoms with E-state index in [1.165, 1.54) is 11.8 Å². The molecule has 0 aromatic heterocycles. The summed E-state index contributed by atoms with van der Waals surface area (Å²) in [6, 6.07) is 0. The minimum absolute atomic E-state index is 0.895. The molecule has 3 bridgehead atoms. The lowest BCUT2D eigenvalue weighted by atomic mass is 9.72. The van der Waals surface area contributed by atoms with Gasteiger partial charge in [-0.1, -0.05) is 25.7 Å². The fourth-order valence-electron chi connectivity index (χ4n) is 4.22. The molecule has 0 aliphatic heterocycles. The normalized spacial score (nSPS) is 54.5. The van der Waals surface area contributed by atoms with E-state index in [9.17, 15) is 0 Å². The van der Waals surface area contributed by atoms with E-state index in [0.717, 1.165) is 5.41 Å². The van der Waals surface area contributed by atoms with Crippen LogP contribution in [0, 0.1) is 17.3 Å². The van der Waals surface area contributed by atoms with Crippen LogP contribution in [0.2, 0.25) is 0 Å². The Bertz CT molecular complexity index is 151. The highest BCUT2D eigenvalue weighted by atomic mass is 14.5. The Morgan fingerprint density at radius 3 is 1.91 bits per heavy atom. The lowest BCUT2D eigenvalue weighted by Crippen LogP contribution is -2.21. The molecule has 0 aromatic rings. The smallest absolute Gasteiger partial charge is 0.0292 e. The molecule has 62 valence electrons. The Hall–Kier alpha value is 0. The van der Waals surface area contributed by atoms with Crippen molar-refractivity contribution in [1.29, 1.82) is 0 Å². The average molecular weight is 150 g/mol. The Kier molecular flexibility index (Phi) is 1.20. The molecule has 3 fully saturated rings. The van der Waals surface area contributed by atoms with E-state index in [1.54, 1.807) is 51.4 Å². The van der Waals surface area contributed by atoms with E-state index in [1.807, 2.05) is 0 Å². The Morgan fingerprint density at radius 1 is 0.818 bits per heavy atom. The van der Waals surface area contributed by atoms with Crippen LogP contribution in [0.5, 0.6) is 0 Å². The molecule has 2 unspecified atom stereocenters. The standard InChI is InChI=1S/C11H18/c1-3-9-7-11(5-1)6-2-4-10(9)8-11/h9-10H,1-8H2. The molecule has 0 radical (unpaired) electrons. The molecule has 3 aliphatic rings. The average Bonchev–Trinajstić information content (AvgIpc) is 2.20. The fraction of sp³-hybridized carbons (Fsp3) is 1.00. The summed E-state index contributed by atoms with van der Waals surface area (Å²) < 4.78 is 0. The molecule has 0 heteroatoms. The van der Waals surface area contributed by atoms with Gasteiger partial charge in [0.25, 0.3) is 0 Å². The third-order valence-electron chi connectivity index (χ3n) is 4.62. The summed E-state index contributed by atoms with van der Waals surface area (Å²) in [5, 5.41) is 0. The van der Waals surface area contributed by atoms with Gasteiger partial charge < -0.3 is 0 Å². The zero-order valence-corrected chi connectivity index (χ0v) is 7.31. The van der Waals surface area contributed by atoms with Crippen molar-refractivity contribution >= 4 is 0 Å². The van der Waals surface area contributed by atoms with Crippen LogP contribution < -0.4 is 0 Å². The summed E-state index contributed by atoms with van der Waals surface area (Å²) in [5.74, 6) is 2.34. The van der Waals surface area contributed by atoms with E-state index >= 15 is 0 Å². The largest absolute Gasteiger partial charge is 0.0525 e. The van der Waals surface area contributed by atoms with Gasteiger partial charge in [-0.3, -0.25) is 0 Å². The van der Waals surface area contributed by atoms with Crippen molar-refractivity contribution in [1.82, 2.24) is 0 Å². The van der Waals surface area contributed by atoms with Gasteiger partial charge >= 0.3 is 0 Å². The monoisotopic (exact) mass is 150 g/mol. The zero-order chi connectivity index (χ0) is 7.31. The molecule has 0 N–H and O–H groups in total. The maximum absolute atomic E-state index is 1.62. The van der Waals surface area contributed by atoms with Gasteiger partial charge in [0.05, 0.1) is 0 Å². The minimum atomic E-state index is 0.895. The van der Waals surface area contributed by atoms with Gasteiger partial charge in [-0.25, -0.2) is 0 Å². The van der Waals surface area contributed by atoms with E-state index in [-0.39, 0.29) is 0 Å². The highest BCUT2D eigenvalue weighted by Crippen LogP contribution is 2.60. The van der Waals surface area contributed by atoms with Crippen molar-refractivity contribution in [3.05, 3.63) is 0 Å². The first-order valence-electron chi connectivity index (χ1n) is 5.38. The van der Waals surface area contributed by atoms with Crippen molar-refractivity contribution in [2.45, 2.75) is 51.4 Å². The van der Waals surface area contributed by atoms with Crippen LogP contribution in [0.1, 0.15) is 51.4 Å². The van der Waals surface area contributed by atoms with Gasteiger partial charge in [0.2, 0.25) is 0 Å². The van der Waals surface area contributed by atoms with Gasteiger partial charge in [-0.15, -0.1) is 0 Å². The van der Waals surface area contributed by atoms with E-state index in [4.69, 9.17) is 0 Å². The molecule has 0 heterocycles. The van der Waals surface area contributed by atoms with Gasteiger partial charge in [0, 0.05) is 0 Å². The number of hydrogen-bond donors (Lipinski definition) is 0. The van der Waals surface area contributed by atoms with Crippen LogP contribution in [0.25, 0.3) is 0 Å². The second kappa shape index (κ2) is 2.02. The van der Waals surface area contributed by atoms with Gasteiger partial charge in [-0.2, -0.15) is 0 Å². The maximum atomic E-state index is 1.62. The summed E-state index contributed by atoms with van der Waals surface area (Å²) in [6.45, 7) is 0. The molecule has 3 aliphatic carbocycles. The van der Waals surface area contributed by atoms with Crippen molar-refractivity contribution < 1.29 is 0 Å². The van der Waals surface area contributed by atoms with Gasteiger partial charge in [-0.05, 0) is 42.9 Å². The van der Waals surface area contributed by atoms with Crippen LogP contribution in [0.4, 0.5) is 0 Å². The van der Waals surface area contributed by atoms with E-state index in [0.29, 0.717) is 0 Å². The summed E-state index contributed by atoms with van der Waals surface area (Å²) in [4.78, 5) is 0. The maximum Gasteiger partial charge on any atom is -0.0292 e. The van der Waals surface area contributed by atoms with Crippen LogP contribution >= 0.6 is 0 Å². The van der Waals surface area contributed by atoms with Crippen LogP contribution in [0.15, 0.2) is 0 Å². The molecular weight excluding hydrogens is 132 g/mol. The van der Waals surface area contributed by atoms with Gasteiger partial charge in [0.15, 0.2) is 0 Å². The molecule has 2 atom stereocenters. The molecule has 3 rings (SSSR count). The Balaban J connectivity index is 1.94. The first-order valence-corrected chi connectivity index (χ1v) is 5.38. The molecule has 0 amide bonds. The van der Waals surface area contributed by atoms with Crippen LogP contribution in [-0.2, 0) is 0 Å². The molecule has 3 saturated carbocycles. The van der Waals surface area contributed by atoms with Crippen molar-refractivity contribution in [2.24, 2.45) is 17.3 Å². The number of rotatable bonds is 0. The molecule has 11 heavy (non-hydrogen) atoms. The predicted octanol–water partition coefficient (Wildman–Crippen LogP) is 3.37. The number of hydrogen-bond acceptors (Lipinski definition) is 0. The summed E-state index contributed by atoms with van der Waals surface area (Å²) in [7, 11) is 0. The lowest BCUT2D eigenvalue weighted by Gasteiger charge is -2.33. The lowest BCUT2D eigenvalue weighted by molar-refractivity contribution is 0.183. The molecular formula is C11H18. The molecule has 0 aromatic carbocycles. The van der Waals surface area contributed by atoms with Crippen LogP contribution in [-0.4, -0.2) is 0 Å². The van der Waals surface area contributed by atoms with Crippen molar-refractivity contribution in [3.63, 3.8) is 0 Å². The highest BCUT2D eigenvalue weighted by molar-refractivity contribution is 5.00. The van der Waals surface area contributed by atoms with Crippen molar-refractivity contribution in [2.75, 3.05) is 0 Å². The zero-order valence-electron chi connectivity index (χ0n) is 7.31. The SMILES string of the molecule is C1CC2CC3(C1)CCCC2C3. The Labute approximate surface area is 69.4 Å². The van der Waals surface area contributed by atoms with Crippen LogP contribution in [0.3, 0.4) is 0 Å². The second-order valence-corrected chi connectivity index (χ2v) is 5.21. The first kappa shape index (κ1) is 6.51. The quantitative estimate of drug-likeness (QED) is 0.496. The summed E-state index contributed by atoms with van der Waals surface area (Å²) >= 11 is 0. The Morgan fingerprint density at radius 2 is 1.36 bits per heavy atom. The second-order valence-electron chi connectivity index (χ2n) is 5.21. The first-order chi connectivity index (χ1) is 5.38. The minimum Gasteiger partial charge on any atom is -0.0525 e. The van der Waals surface area contributed by atoms with E-state index < -0.39 is 0 Å². The third kappa shape index (κ3) is 0.816. The molecule has 0 nitrogen and oxygen atoms in total. The summed E-state index contributed by atoms with van der Waals surface area (Å²) in [6.07, 6.45) is 12.7.